The third-order valence-corrected chi connectivity index (χ3v) is 4.97. The second-order valence-corrected chi connectivity index (χ2v) is 6.90. The van der Waals surface area contributed by atoms with Gasteiger partial charge < -0.3 is 0 Å². The van der Waals surface area contributed by atoms with E-state index in [0.717, 1.165) is 16.8 Å². The number of nitrogens with zero attached hydrogens (tertiary/aromatic N) is 5. The van der Waals surface area contributed by atoms with Crippen molar-refractivity contribution in [3.05, 3.63) is 87.9 Å². The van der Waals surface area contributed by atoms with Crippen molar-refractivity contribution in [2.24, 2.45) is 0 Å². The number of aromatic nitrogens is 5. The highest BCUT2D eigenvalue weighted by molar-refractivity contribution is 6.30. The molecule has 0 spiro atoms. The van der Waals surface area contributed by atoms with E-state index < -0.39 is 0 Å². The van der Waals surface area contributed by atoms with E-state index in [1.54, 1.807) is 35.0 Å². The minimum absolute atomic E-state index is 0.257. The Morgan fingerprint density at radius 2 is 1.68 bits per heavy atom. The summed E-state index contributed by atoms with van der Waals surface area (Å²) in [5.74, 6) is 0. The van der Waals surface area contributed by atoms with Crippen LogP contribution < -0.4 is 5.56 Å². The predicted molar refractivity (Wildman–Crippen MR) is 109 cm³/mol. The van der Waals surface area contributed by atoms with Gasteiger partial charge in [0.25, 0.3) is 5.56 Å². The summed E-state index contributed by atoms with van der Waals surface area (Å²) in [5, 5.41) is 13.8. The predicted octanol–water partition coefficient (Wildman–Crippen LogP) is 4.06. The molecule has 6 nitrogen and oxygen atoms in total. The first-order chi connectivity index (χ1) is 13.6. The molecule has 0 atom stereocenters. The number of aryl methyl sites for hydroxylation is 1. The van der Waals surface area contributed by atoms with E-state index in [1.807, 2.05) is 43.3 Å². The lowest BCUT2D eigenvalue weighted by molar-refractivity contribution is 0.905. The fraction of sp³-hybridized carbons (Fsp3) is 0.0476. The van der Waals surface area contributed by atoms with Crippen LogP contribution in [0, 0.1) is 6.92 Å². The summed E-state index contributed by atoms with van der Waals surface area (Å²) in [6.45, 7) is 1.93. The summed E-state index contributed by atoms with van der Waals surface area (Å²) >= 11 is 5.95. The topological polar surface area (TPSA) is 65.1 Å². The van der Waals surface area contributed by atoms with Crippen LogP contribution >= 0.6 is 11.6 Å². The maximum atomic E-state index is 13.0. The van der Waals surface area contributed by atoms with E-state index in [-0.39, 0.29) is 11.1 Å². The molecule has 28 heavy (non-hydrogen) atoms. The first-order valence-corrected chi connectivity index (χ1v) is 9.10. The maximum Gasteiger partial charge on any atom is 0.285 e. The van der Waals surface area contributed by atoms with Gasteiger partial charge in [-0.05, 0) is 42.8 Å². The monoisotopic (exact) mass is 387 g/mol. The van der Waals surface area contributed by atoms with E-state index in [0.29, 0.717) is 21.9 Å². The lowest BCUT2D eigenvalue weighted by Gasteiger charge is -2.07. The molecular weight excluding hydrogens is 374 g/mol. The quantitative estimate of drug-likeness (QED) is 0.458. The van der Waals surface area contributed by atoms with Crippen molar-refractivity contribution in [2.75, 3.05) is 0 Å². The second-order valence-electron chi connectivity index (χ2n) is 6.46. The Kier molecular flexibility index (Phi) is 3.74. The van der Waals surface area contributed by atoms with E-state index in [9.17, 15) is 4.79 Å². The van der Waals surface area contributed by atoms with Crippen LogP contribution in [-0.2, 0) is 0 Å². The summed E-state index contributed by atoms with van der Waals surface area (Å²) in [5.41, 5.74) is 4.70. The van der Waals surface area contributed by atoms with Gasteiger partial charge >= 0.3 is 0 Å². The molecule has 0 fully saturated rings. The van der Waals surface area contributed by atoms with Gasteiger partial charge in [-0.25, -0.2) is 4.52 Å². The smallest absolute Gasteiger partial charge is 0.282 e. The van der Waals surface area contributed by atoms with Gasteiger partial charge in [-0.3, -0.25) is 9.36 Å². The van der Waals surface area contributed by atoms with E-state index in [2.05, 4.69) is 15.3 Å². The molecule has 0 radical (unpaired) electrons. The van der Waals surface area contributed by atoms with Crippen LogP contribution in [0.15, 0.2) is 71.7 Å². The van der Waals surface area contributed by atoms with Crippen molar-refractivity contribution in [2.45, 2.75) is 6.92 Å². The van der Waals surface area contributed by atoms with Crippen molar-refractivity contribution in [1.29, 1.82) is 0 Å². The first kappa shape index (κ1) is 16.6. The largest absolute Gasteiger partial charge is 0.285 e. The van der Waals surface area contributed by atoms with Gasteiger partial charge in [0, 0.05) is 16.9 Å². The van der Waals surface area contributed by atoms with Gasteiger partial charge in [0.1, 0.15) is 5.52 Å². The van der Waals surface area contributed by atoms with E-state index in [4.69, 9.17) is 11.6 Å². The second kappa shape index (κ2) is 6.28. The molecule has 0 amide bonds. The molecular formula is C21H14ClN5O. The number of pyridine rings is 1. The molecule has 0 N–H and O–H groups in total. The molecule has 5 rings (SSSR count). The van der Waals surface area contributed by atoms with Gasteiger partial charge in [0.15, 0.2) is 11.2 Å². The lowest BCUT2D eigenvalue weighted by Crippen LogP contribution is -2.20. The van der Waals surface area contributed by atoms with Crippen molar-refractivity contribution >= 4 is 28.3 Å². The summed E-state index contributed by atoms with van der Waals surface area (Å²) in [6, 6.07) is 18.8. The van der Waals surface area contributed by atoms with Gasteiger partial charge in [-0.2, -0.15) is 5.10 Å². The lowest BCUT2D eigenvalue weighted by atomic mass is 10.1. The molecule has 3 aromatic heterocycles. The standard InChI is InChI=1S/C21H14ClN5O/c1-13-18(14-5-3-2-4-6-14)20-24-23-19-17(27(20)25-13)11-12-26(21(19)28)16-9-7-15(22)8-10-16/h2-12H,1H3. The van der Waals surface area contributed by atoms with Gasteiger partial charge in [0.05, 0.1) is 11.3 Å². The van der Waals surface area contributed by atoms with E-state index in [1.165, 1.54) is 4.57 Å². The summed E-state index contributed by atoms with van der Waals surface area (Å²) in [7, 11) is 0. The third-order valence-electron chi connectivity index (χ3n) is 4.72. The Labute approximate surface area is 164 Å². The van der Waals surface area contributed by atoms with Crippen LogP contribution in [0.3, 0.4) is 0 Å². The van der Waals surface area contributed by atoms with Gasteiger partial charge in [-0.15, -0.1) is 10.2 Å². The fourth-order valence-electron chi connectivity index (χ4n) is 3.40. The molecule has 2 aromatic carbocycles. The molecule has 0 saturated heterocycles. The first-order valence-electron chi connectivity index (χ1n) is 8.72. The Balaban J connectivity index is 1.77. The zero-order valence-electron chi connectivity index (χ0n) is 14.9. The maximum absolute atomic E-state index is 13.0. The molecule has 0 unspecified atom stereocenters. The SMILES string of the molecule is Cc1nn2c(nnc3c(=O)n(-c4ccc(Cl)cc4)ccc32)c1-c1ccccc1. The Morgan fingerprint density at radius 3 is 2.43 bits per heavy atom. The van der Waals surface area contributed by atoms with Crippen LogP contribution in [0.25, 0.3) is 33.5 Å². The molecule has 3 heterocycles. The number of halogens is 1. The van der Waals surface area contributed by atoms with E-state index >= 15 is 0 Å². The molecule has 0 aliphatic rings. The Bertz CT molecular complexity index is 1390. The Hall–Kier alpha value is -3.51. The molecule has 0 aliphatic carbocycles. The normalized spacial score (nSPS) is 11.4. The highest BCUT2D eigenvalue weighted by Gasteiger charge is 2.17. The number of benzene rings is 2. The summed E-state index contributed by atoms with van der Waals surface area (Å²) in [4.78, 5) is 13.0. The van der Waals surface area contributed by atoms with Crippen LogP contribution in [0.1, 0.15) is 5.69 Å². The number of hydrogen-bond donors (Lipinski definition) is 0. The summed E-state index contributed by atoms with van der Waals surface area (Å²) in [6.07, 6.45) is 1.72. The number of hydrogen-bond acceptors (Lipinski definition) is 4. The fourth-order valence-corrected chi connectivity index (χ4v) is 3.53. The van der Waals surface area contributed by atoms with Gasteiger partial charge in [-0.1, -0.05) is 41.9 Å². The highest BCUT2D eigenvalue weighted by Crippen LogP contribution is 2.27. The van der Waals surface area contributed by atoms with Crippen molar-refractivity contribution in [1.82, 2.24) is 24.4 Å². The molecule has 7 heteroatoms. The molecule has 0 saturated carbocycles. The zero-order chi connectivity index (χ0) is 19.3. The van der Waals surface area contributed by atoms with Crippen molar-refractivity contribution < 1.29 is 0 Å². The minimum atomic E-state index is -0.261. The number of rotatable bonds is 2. The number of fused-ring (bicyclic) bond motifs is 3. The average Bonchev–Trinajstić information content (AvgIpc) is 3.06. The van der Waals surface area contributed by atoms with Crippen LogP contribution in [-0.4, -0.2) is 24.4 Å². The molecule has 0 aliphatic heterocycles. The zero-order valence-corrected chi connectivity index (χ0v) is 15.6. The van der Waals surface area contributed by atoms with Crippen molar-refractivity contribution in [3.63, 3.8) is 0 Å². The van der Waals surface area contributed by atoms with Crippen LogP contribution in [0.5, 0.6) is 0 Å². The third kappa shape index (κ3) is 2.50. The van der Waals surface area contributed by atoms with Gasteiger partial charge in [0.2, 0.25) is 0 Å². The molecule has 0 bridgehead atoms. The Morgan fingerprint density at radius 1 is 0.929 bits per heavy atom. The minimum Gasteiger partial charge on any atom is -0.282 e. The van der Waals surface area contributed by atoms with Crippen molar-refractivity contribution in [3.8, 4) is 16.8 Å². The summed E-state index contributed by atoms with van der Waals surface area (Å²) < 4.78 is 3.21. The van der Waals surface area contributed by atoms with Crippen LogP contribution in [0.4, 0.5) is 0 Å². The van der Waals surface area contributed by atoms with Crippen LogP contribution in [0.2, 0.25) is 5.02 Å². The highest BCUT2D eigenvalue weighted by atomic mass is 35.5. The molecule has 5 aromatic rings. The molecule has 136 valence electrons. The average molecular weight is 388 g/mol.